The van der Waals surface area contributed by atoms with Crippen LogP contribution in [0.1, 0.15) is 5.69 Å². The van der Waals surface area contributed by atoms with E-state index in [-0.39, 0.29) is 23.4 Å². The van der Waals surface area contributed by atoms with E-state index in [1.807, 2.05) is 0 Å². The number of methoxy groups -OCH3 is 2. The number of carbonyl (C=O) groups excluding carboxylic acids is 1. The number of hydrogen-bond donors (Lipinski definition) is 2. The van der Waals surface area contributed by atoms with Crippen molar-refractivity contribution in [1.82, 2.24) is 19.7 Å². The van der Waals surface area contributed by atoms with E-state index in [9.17, 15) is 21.6 Å². The number of amides is 2. The number of nitrogens with one attached hydrogen (secondary N) is 2. The molecule has 0 aliphatic carbocycles. The number of pyridine rings is 1. The van der Waals surface area contributed by atoms with Crippen LogP contribution in [0.15, 0.2) is 23.2 Å². The second-order valence-corrected chi connectivity index (χ2v) is 9.45. The minimum Gasteiger partial charge on any atom is -0.481 e. The molecule has 0 aliphatic heterocycles. The highest BCUT2D eigenvalue weighted by Crippen LogP contribution is 2.25. The molecular formula is C15H20N6O7S2. The molecule has 0 fully saturated rings. The lowest BCUT2D eigenvalue weighted by Gasteiger charge is -2.19. The van der Waals surface area contributed by atoms with Crippen LogP contribution in [0.4, 0.5) is 16.4 Å². The summed E-state index contributed by atoms with van der Waals surface area (Å²) in [4.78, 5) is 23.8. The molecule has 2 aromatic heterocycles. The lowest BCUT2D eigenvalue weighted by molar-refractivity contribution is 0.256. The van der Waals surface area contributed by atoms with Crippen LogP contribution in [0.25, 0.3) is 0 Å². The molecule has 15 heteroatoms. The number of rotatable bonds is 7. The highest BCUT2D eigenvalue weighted by Gasteiger charge is 2.28. The van der Waals surface area contributed by atoms with Gasteiger partial charge < -0.3 is 9.47 Å². The molecule has 0 saturated heterocycles. The van der Waals surface area contributed by atoms with Crippen LogP contribution >= 0.6 is 0 Å². The fourth-order valence-electron chi connectivity index (χ4n) is 2.11. The van der Waals surface area contributed by atoms with E-state index in [4.69, 9.17) is 9.47 Å². The molecule has 0 atom stereocenters. The Morgan fingerprint density at radius 3 is 2.10 bits per heavy atom. The highest BCUT2D eigenvalue weighted by atomic mass is 32.2. The Morgan fingerprint density at radius 1 is 1.03 bits per heavy atom. The number of urea groups is 1. The third-order valence-electron chi connectivity index (χ3n) is 3.62. The summed E-state index contributed by atoms with van der Waals surface area (Å²) >= 11 is 0. The maximum absolute atomic E-state index is 12.7. The smallest absolute Gasteiger partial charge is 0.335 e. The summed E-state index contributed by atoms with van der Waals surface area (Å²) in [7, 11) is -4.53. The van der Waals surface area contributed by atoms with Gasteiger partial charge in [-0.25, -0.2) is 22.9 Å². The van der Waals surface area contributed by atoms with Crippen LogP contribution in [0.3, 0.4) is 0 Å². The molecule has 13 nitrogen and oxygen atoms in total. The number of anilines is 2. The SMILES string of the molecule is COc1cc(OC)nc(NC(=O)NS(=O)(=O)c2nc(C)ccc2N(C)S(C)(=O)=O)n1. The number of sulfonamides is 2. The van der Waals surface area contributed by atoms with E-state index in [1.54, 1.807) is 4.72 Å². The first-order valence-electron chi connectivity index (χ1n) is 8.10. The van der Waals surface area contributed by atoms with Gasteiger partial charge in [0.25, 0.3) is 10.0 Å². The molecule has 0 aliphatic rings. The first kappa shape index (κ1) is 23.1. The van der Waals surface area contributed by atoms with Gasteiger partial charge in [-0.05, 0) is 19.1 Å². The average Bonchev–Trinajstić information content (AvgIpc) is 2.65. The Kier molecular flexibility index (Phi) is 6.66. The molecule has 0 bridgehead atoms. The highest BCUT2D eigenvalue weighted by molar-refractivity contribution is 7.92. The zero-order chi connectivity index (χ0) is 22.7. The Morgan fingerprint density at radius 2 is 1.60 bits per heavy atom. The van der Waals surface area contributed by atoms with Crippen molar-refractivity contribution in [2.75, 3.05) is 37.1 Å². The predicted molar refractivity (Wildman–Crippen MR) is 107 cm³/mol. The second-order valence-electron chi connectivity index (χ2n) is 5.84. The van der Waals surface area contributed by atoms with Crippen LogP contribution < -0.4 is 23.8 Å². The maximum Gasteiger partial charge on any atom is 0.335 e. The summed E-state index contributed by atoms with van der Waals surface area (Å²) in [6.07, 6.45) is 0.900. The van der Waals surface area contributed by atoms with Gasteiger partial charge in [-0.3, -0.25) is 9.62 Å². The van der Waals surface area contributed by atoms with Crippen molar-refractivity contribution in [3.8, 4) is 11.8 Å². The largest absolute Gasteiger partial charge is 0.481 e. The number of hydrogen-bond acceptors (Lipinski definition) is 10. The molecular weight excluding hydrogens is 440 g/mol. The van der Waals surface area contributed by atoms with Gasteiger partial charge >= 0.3 is 6.03 Å². The zero-order valence-electron chi connectivity index (χ0n) is 16.7. The minimum atomic E-state index is -4.57. The van der Waals surface area contributed by atoms with E-state index in [0.717, 1.165) is 17.6 Å². The zero-order valence-corrected chi connectivity index (χ0v) is 18.3. The third kappa shape index (κ3) is 5.44. The van der Waals surface area contributed by atoms with Crippen LogP contribution in [0.2, 0.25) is 0 Å². The minimum absolute atomic E-state index is 0.0671. The molecule has 0 radical (unpaired) electrons. The molecule has 0 unspecified atom stereocenters. The summed E-state index contributed by atoms with van der Waals surface area (Å²) in [5.74, 6) is -0.153. The number of ether oxygens (including phenoxy) is 2. The monoisotopic (exact) mass is 460 g/mol. The Labute approximate surface area is 173 Å². The average molecular weight is 460 g/mol. The summed E-state index contributed by atoms with van der Waals surface area (Å²) < 4.78 is 61.5. The van der Waals surface area contributed by atoms with Gasteiger partial charge in [0.1, 0.15) is 0 Å². The second kappa shape index (κ2) is 8.66. The topological polar surface area (TPSA) is 170 Å². The van der Waals surface area contributed by atoms with Gasteiger partial charge in [-0.2, -0.15) is 18.4 Å². The molecule has 2 N–H and O–H groups in total. The van der Waals surface area contributed by atoms with Gasteiger partial charge in [-0.15, -0.1) is 0 Å². The lowest BCUT2D eigenvalue weighted by atomic mass is 10.3. The van der Waals surface area contributed by atoms with E-state index >= 15 is 0 Å². The molecule has 2 amide bonds. The van der Waals surface area contributed by atoms with Gasteiger partial charge in [0.15, 0.2) is 0 Å². The molecule has 2 heterocycles. The van der Waals surface area contributed by atoms with E-state index < -0.39 is 31.1 Å². The van der Waals surface area contributed by atoms with Crippen LogP contribution in [-0.2, 0) is 20.0 Å². The molecule has 2 aromatic rings. The molecule has 2 rings (SSSR count). The van der Waals surface area contributed by atoms with Gasteiger partial charge in [0, 0.05) is 12.7 Å². The van der Waals surface area contributed by atoms with E-state index in [2.05, 4.69) is 20.3 Å². The molecule has 0 spiro atoms. The molecule has 164 valence electrons. The van der Waals surface area contributed by atoms with Gasteiger partial charge in [0.05, 0.1) is 32.2 Å². The Hall–Kier alpha value is -3.20. The summed E-state index contributed by atoms with van der Waals surface area (Å²) in [5, 5.41) is 1.50. The number of aryl methyl sites for hydroxylation is 1. The van der Waals surface area contributed by atoms with Crippen LogP contribution in [0, 0.1) is 6.92 Å². The summed E-state index contributed by atoms with van der Waals surface area (Å²) in [6, 6.07) is 2.85. The normalized spacial score (nSPS) is 11.5. The summed E-state index contributed by atoms with van der Waals surface area (Å²) in [5.41, 5.74) is 0.0602. The Bertz CT molecular complexity index is 1150. The molecule has 30 heavy (non-hydrogen) atoms. The predicted octanol–water partition coefficient (Wildman–Crippen LogP) is 0.103. The summed E-state index contributed by atoms with van der Waals surface area (Å²) in [6.45, 7) is 1.51. The van der Waals surface area contributed by atoms with Gasteiger partial charge in [-0.1, -0.05) is 0 Å². The fraction of sp³-hybridized carbons (Fsp3) is 0.333. The standard InChI is InChI=1S/C15H20N6O7S2/c1-9-6-7-10(21(2)29(5,23)24)13(16-9)30(25,26)20-15(22)19-14-17-11(27-3)8-12(18-14)28-4/h6-8H,1-5H3,(H2,17,18,19,20,22). The third-order valence-corrected chi connectivity index (χ3v) is 6.08. The van der Waals surface area contributed by atoms with E-state index in [1.165, 1.54) is 39.3 Å². The quantitative estimate of drug-likeness (QED) is 0.578. The van der Waals surface area contributed by atoms with Crippen molar-refractivity contribution >= 4 is 37.7 Å². The number of aromatic nitrogens is 3. The van der Waals surface area contributed by atoms with Crippen molar-refractivity contribution in [3.05, 3.63) is 23.9 Å². The Balaban J connectivity index is 2.35. The number of carbonyl (C=O) groups is 1. The van der Waals surface area contributed by atoms with Crippen molar-refractivity contribution in [1.29, 1.82) is 0 Å². The fourth-order valence-corrected chi connectivity index (χ4v) is 3.81. The first-order valence-corrected chi connectivity index (χ1v) is 11.4. The molecule has 0 saturated carbocycles. The first-order chi connectivity index (χ1) is 13.9. The van der Waals surface area contributed by atoms with E-state index in [0.29, 0.717) is 5.69 Å². The molecule has 0 aromatic carbocycles. The van der Waals surface area contributed by atoms with Crippen molar-refractivity contribution in [2.45, 2.75) is 11.9 Å². The van der Waals surface area contributed by atoms with Crippen LogP contribution in [-0.4, -0.2) is 65.3 Å². The van der Waals surface area contributed by atoms with Crippen molar-refractivity contribution < 1.29 is 31.1 Å². The number of nitrogens with zero attached hydrogens (tertiary/aromatic N) is 4. The van der Waals surface area contributed by atoms with Crippen molar-refractivity contribution in [3.63, 3.8) is 0 Å². The maximum atomic E-state index is 12.7. The van der Waals surface area contributed by atoms with Crippen molar-refractivity contribution in [2.24, 2.45) is 0 Å². The lowest BCUT2D eigenvalue weighted by Crippen LogP contribution is -2.37. The van der Waals surface area contributed by atoms with Crippen LogP contribution in [0.5, 0.6) is 11.8 Å². The van der Waals surface area contributed by atoms with Gasteiger partial charge in [0.2, 0.25) is 32.8 Å².